The van der Waals surface area contributed by atoms with Gasteiger partial charge in [0.15, 0.2) is 0 Å². The second-order valence-electron chi connectivity index (χ2n) is 3.15. The molecule has 0 aromatic rings. The van der Waals surface area contributed by atoms with E-state index in [0.717, 1.165) is 0 Å². The van der Waals surface area contributed by atoms with Crippen LogP contribution in [0.25, 0.3) is 0 Å². The molecule has 12 heteroatoms. The summed E-state index contributed by atoms with van der Waals surface area (Å²) in [5.74, 6) is 0. The summed E-state index contributed by atoms with van der Waals surface area (Å²) in [7, 11) is 0. The minimum absolute atomic E-state index is 0. The molecule has 1 fully saturated rings. The van der Waals surface area contributed by atoms with E-state index in [1.54, 1.807) is 0 Å². The largest absolute Gasteiger partial charge is 0.325 e. The Morgan fingerprint density at radius 1 is 0.500 bits per heavy atom. The Morgan fingerprint density at radius 3 is 0.611 bits per heavy atom. The van der Waals surface area contributed by atoms with Crippen molar-refractivity contribution < 1.29 is 29.4 Å². The minimum Gasteiger partial charge on any atom is -0.325 e. The van der Waals surface area contributed by atoms with Crippen molar-refractivity contribution in [2.75, 3.05) is 0 Å². The molecule has 0 atom stereocenters. The lowest BCUT2D eigenvalue weighted by atomic mass is 10.0. The third kappa shape index (κ3) is 81.2. The van der Waals surface area contributed by atoms with Gasteiger partial charge in [0, 0.05) is 0 Å². The zero-order valence-electron chi connectivity index (χ0n) is 9.45. The molecule has 116 valence electrons. The van der Waals surface area contributed by atoms with Crippen LogP contribution in [0.2, 0.25) is 0 Å². The molecule has 0 spiro atoms. The van der Waals surface area contributed by atoms with Gasteiger partial charge in [-0.25, -0.2) is 0 Å². The van der Waals surface area contributed by atoms with Gasteiger partial charge in [0.25, 0.3) is 0 Å². The SMILES string of the molecule is Br.Br.C1CCCCC1.OP(O)(O)=S.OP(O)(O)=S. The number of hydrogen-bond acceptors (Lipinski definition) is 2. The molecule has 1 aliphatic rings. The Labute approximate surface area is 138 Å². The van der Waals surface area contributed by atoms with Crippen LogP contribution < -0.4 is 0 Å². The molecule has 1 rings (SSSR count). The molecule has 0 aromatic carbocycles. The fraction of sp³-hybridized carbons (Fsp3) is 1.00. The molecule has 0 aromatic heterocycles. The second kappa shape index (κ2) is 15.4. The van der Waals surface area contributed by atoms with Crippen molar-refractivity contribution in [3.8, 4) is 0 Å². The highest BCUT2D eigenvalue weighted by atomic mass is 79.9. The highest BCUT2D eigenvalue weighted by Gasteiger charge is 1.95. The number of hydrogen-bond donors (Lipinski definition) is 6. The van der Waals surface area contributed by atoms with Gasteiger partial charge in [-0.3, -0.25) is 0 Å². The highest BCUT2D eigenvalue weighted by molar-refractivity contribution is 8.93. The quantitative estimate of drug-likeness (QED) is 0.295. The van der Waals surface area contributed by atoms with Crippen molar-refractivity contribution >= 4 is 71.0 Å². The topological polar surface area (TPSA) is 121 Å². The summed E-state index contributed by atoms with van der Waals surface area (Å²) in [4.78, 5) is 45.3. The molecule has 1 saturated carbocycles. The third-order valence-electron chi connectivity index (χ3n) is 1.50. The molecule has 0 heterocycles. The number of rotatable bonds is 0. The van der Waals surface area contributed by atoms with E-state index in [4.69, 9.17) is 29.4 Å². The summed E-state index contributed by atoms with van der Waals surface area (Å²) in [5, 5.41) is 0. The van der Waals surface area contributed by atoms with Gasteiger partial charge in [-0.2, -0.15) is 0 Å². The van der Waals surface area contributed by atoms with Crippen molar-refractivity contribution in [1.29, 1.82) is 0 Å². The summed E-state index contributed by atoms with van der Waals surface area (Å²) in [6.45, 7) is -7.61. The lowest BCUT2D eigenvalue weighted by molar-refractivity contribution is 0.361. The van der Waals surface area contributed by atoms with Crippen LogP contribution >= 0.6 is 47.4 Å². The summed E-state index contributed by atoms with van der Waals surface area (Å²) in [5.41, 5.74) is 0. The standard InChI is InChI=1S/C6H12.2BrH.2H3O3PS/c1-2-4-6-5-3-1;;;2*1-4(2,3)5/h1-6H2;2*1H;2*(H3,1,2,3,5). The van der Waals surface area contributed by atoms with Gasteiger partial charge in [0.05, 0.1) is 0 Å². The molecular weight excluding hydrogens is 454 g/mol. The fourth-order valence-electron chi connectivity index (χ4n) is 1.06. The zero-order valence-corrected chi connectivity index (χ0v) is 16.3. The Kier molecular flexibility index (Phi) is 24.2. The van der Waals surface area contributed by atoms with E-state index < -0.39 is 13.4 Å². The van der Waals surface area contributed by atoms with Crippen molar-refractivity contribution in [3.05, 3.63) is 0 Å². The van der Waals surface area contributed by atoms with Crippen molar-refractivity contribution in [2.45, 2.75) is 38.5 Å². The van der Waals surface area contributed by atoms with E-state index in [1.165, 1.54) is 38.5 Å². The van der Waals surface area contributed by atoms with Crippen molar-refractivity contribution in [1.82, 2.24) is 0 Å². The Hall–Kier alpha value is 2.02. The van der Waals surface area contributed by atoms with E-state index in [9.17, 15) is 0 Å². The normalized spacial score (nSPS) is 14.6. The lowest BCUT2D eigenvalue weighted by Crippen LogP contribution is -1.85. The fourth-order valence-corrected chi connectivity index (χ4v) is 1.06. The van der Waals surface area contributed by atoms with E-state index in [-0.39, 0.29) is 34.0 Å². The van der Waals surface area contributed by atoms with Gasteiger partial charge in [-0.15, -0.1) is 34.0 Å². The van der Waals surface area contributed by atoms with Gasteiger partial charge in [0.1, 0.15) is 0 Å². The van der Waals surface area contributed by atoms with Crippen LogP contribution in [0.5, 0.6) is 0 Å². The van der Waals surface area contributed by atoms with Gasteiger partial charge >= 0.3 is 13.4 Å². The van der Waals surface area contributed by atoms with Gasteiger partial charge < -0.3 is 29.4 Å². The Balaban J connectivity index is -0.0000000781. The van der Waals surface area contributed by atoms with Gasteiger partial charge in [-0.05, 0) is 23.6 Å². The zero-order chi connectivity index (χ0) is 13.2. The molecule has 6 nitrogen and oxygen atoms in total. The summed E-state index contributed by atoms with van der Waals surface area (Å²) in [6.07, 6.45) is 9.00. The molecule has 0 amide bonds. The average Bonchev–Trinajstić information content (AvgIpc) is 2.01. The molecule has 0 radical (unpaired) electrons. The maximum absolute atomic E-state index is 7.56. The first-order valence-corrected chi connectivity index (χ1v) is 9.89. The summed E-state index contributed by atoms with van der Waals surface area (Å²) in [6, 6.07) is 0. The highest BCUT2D eigenvalue weighted by Crippen LogP contribution is 2.26. The van der Waals surface area contributed by atoms with E-state index in [0.29, 0.717) is 0 Å². The summed E-state index contributed by atoms with van der Waals surface area (Å²) < 4.78 is 0. The predicted molar refractivity (Wildman–Crippen MR) is 90.2 cm³/mol. The van der Waals surface area contributed by atoms with Crippen LogP contribution in [0, 0.1) is 0 Å². The Morgan fingerprint density at radius 2 is 0.556 bits per heavy atom. The monoisotopic (exact) mass is 472 g/mol. The molecule has 0 unspecified atom stereocenters. The van der Waals surface area contributed by atoms with Crippen LogP contribution in [0.15, 0.2) is 0 Å². The van der Waals surface area contributed by atoms with Crippen LogP contribution in [0.3, 0.4) is 0 Å². The van der Waals surface area contributed by atoms with Crippen molar-refractivity contribution in [2.24, 2.45) is 0 Å². The lowest BCUT2D eigenvalue weighted by Gasteiger charge is -2.05. The molecule has 1 aliphatic carbocycles. The molecular formula is C6H20Br2O6P2S2. The molecule has 0 bridgehead atoms. The van der Waals surface area contributed by atoms with Crippen LogP contribution in [0.4, 0.5) is 0 Å². The molecule has 6 N–H and O–H groups in total. The first-order valence-electron chi connectivity index (χ1n) is 4.57. The third-order valence-corrected chi connectivity index (χ3v) is 1.50. The maximum atomic E-state index is 7.56. The van der Waals surface area contributed by atoms with Gasteiger partial charge in [0.2, 0.25) is 0 Å². The first-order chi connectivity index (χ1) is 7.00. The molecule has 0 saturated heterocycles. The van der Waals surface area contributed by atoms with Crippen molar-refractivity contribution in [3.63, 3.8) is 0 Å². The van der Waals surface area contributed by atoms with E-state index >= 15 is 0 Å². The van der Waals surface area contributed by atoms with E-state index in [1.807, 2.05) is 0 Å². The minimum atomic E-state index is -3.81. The van der Waals surface area contributed by atoms with Crippen LogP contribution in [0.1, 0.15) is 38.5 Å². The molecule has 0 aliphatic heterocycles. The number of halogens is 2. The van der Waals surface area contributed by atoms with Gasteiger partial charge in [-0.1, -0.05) is 38.5 Å². The smallest absolute Gasteiger partial charge is 0.319 e. The van der Waals surface area contributed by atoms with Crippen LogP contribution in [-0.2, 0) is 23.6 Å². The summed E-state index contributed by atoms with van der Waals surface area (Å²) >= 11 is 7.21. The van der Waals surface area contributed by atoms with E-state index in [2.05, 4.69) is 23.6 Å². The second-order valence-corrected chi connectivity index (χ2v) is 8.14. The molecule has 18 heavy (non-hydrogen) atoms. The average molecular weight is 474 g/mol. The Bertz CT molecular complexity index is 206. The van der Waals surface area contributed by atoms with Crippen LogP contribution in [-0.4, -0.2) is 29.4 Å². The first kappa shape index (κ1) is 28.2. The predicted octanol–water partition coefficient (Wildman–Crippen LogP) is 1.87. The maximum Gasteiger partial charge on any atom is 0.319 e.